The molecule has 1 amide bonds. The molecule has 0 radical (unpaired) electrons. The van der Waals surface area contributed by atoms with E-state index in [1.807, 2.05) is 11.2 Å². The highest BCUT2D eigenvalue weighted by Crippen LogP contribution is 2.46. The van der Waals surface area contributed by atoms with Crippen molar-refractivity contribution >= 4 is 62.1 Å². The van der Waals surface area contributed by atoms with Crippen LogP contribution in [-0.4, -0.2) is 54.2 Å². The van der Waals surface area contributed by atoms with Gasteiger partial charge in [0.05, 0.1) is 15.9 Å². The van der Waals surface area contributed by atoms with Crippen LogP contribution in [0.2, 0.25) is 5.02 Å². The molecule has 1 aliphatic heterocycles. The van der Waals surface area contributed by atoms with Gasteiger partial charge in [-0.2, -0.15) is 0 Å². The van der Waals surface area contributed by atoms with E-state index in [1.165, 1.54) is 11.8 Å². The summed E-state index contributed by atoms with van der Waals surface area (Å²) >= 11 is 10.8. The van der Waals surface area contributed by atoms with Gasteiger partial charge in [0.25, 0.3) is 0 Å². The summed E-state index contributed by atoms with van der Waals surface area (Å²) in [7, 11) is 1.81. The number of hydrogen-bond donors (Lipinski definition) is 1. The minimum Gasteiger partial charge on any atom is -0.489 e. The van der Waals surface area contributed by atoms with Crippen LogP contribution in [0.5, 0.6) is 5.75 Å². The van der Waals surface area contributed by atoms with E-state index in [9.17, 15) is 9.18 Å². The van der Waals surface area contributed by atoms with E-state index >= 15 is 0 Å². The number of hydrogen-bond acceptors (Lipinski definition) is 7. The normalized spacial score (nSPS) is 16.4. The van der Waals surface area contributed by atoms with Gasteiger partial charge in [-0.25, -0.2) is 19.2 Å². The molecule has 11 heteroatoms. The second-order valence-electron chi connectivity index (χ2n) is 7.49. The van der Waals surface area contributed by atoms with Gasteiger partial charge in [0.15, 0.2) is 16.7 Å². The second kappa shape index (κ2) is 8.31. The summed E-state index contributed by atoms with van der Waals surface area (Å²) in [6.07, 6.45) is 1.28. The fourth-order valence-corrected chi connectivity index (χ4v) is 3.82. The summed E-state index contributed by atoms with van der Waals surface area (Å²) in [5.41, 5.74) is -0.478. The zero-order chi connectivity index (χ0) is 21.5. The Labute approximate surface area is 185 Å². The molecule has 158 valence electrons. The van der Waals surface area contributed by atoms with Crippen LogP contribution < -0.4 is 15.0 Å². The highest BCUT2D eigenvalue weighted by atomic mass is 79.9. The zero-order valence-corrected chi connectivity index (χ0v) is 19.8. The van der Waals surface area contributed by atoms with Crippen LogP contribution in [0.3, 0.4) is 0 Å². The number of thioether (sulfide) groups is 1. The zero-order valence-electron chi connectivity index (χ0n) is 16.6. The van der Waals surface area contributed by atoms with Crippen LogP contribution in [0.25, 0.3) is 10.9 Å². The molecule has 2 aromatic rings. The average molecular weight is 508 g/mol. The Hall–Kier alpha value is -1.52. The smallest absolute Gasteiger partial charge is 0.407 e. The number of nitrogens with one attached hydrogen (secondary N) is 1. The molecule has 0 unspecified atom stereocenters. The lowest BCUT2D eigenvalue weighted by Crippen LogP contribution is -2.46. The van der Waals surface area contributed by atoms with E-state index in [0.29, 0.717) is 22.1 Å². The Bertz CT molecular complexity index is 973. The van der Waals surface area contributed by atoms with Crippen molar-refractivity contribution in [2.75, 3.05) is 31.4 Å². The van der Waals surface area contributed by atoms with Gasteiger partial charge in [-0.15, -0.1) is 0 Å². The van der Waals surface area contributed by atoms with Gasteiger partial charge in [0.2, 0.25) is 0 Å². The van der Waals surface area contributed by atoms with Crippen LogP contribution >= 0.6 is 39.3 Å². The first-order chi connectivity index (χ1) is 13.5. The van der Waals surface area contributed by atoms with Crippen LogP contribution in [0.1, 0.15) is 20.8 Å². The molecule has 1 aliphatic rings. The maximum absolute atomic E-state index is 14.9. The number of amides is 1. The molecule has 1 atom stereocenters. The maximum Gasteiger partial charge on any atom is 0.407 e. The first-order valence-electron chi connectivity index (χ1n) is 8.78. The minimum atomic E-state index is -0.602. The number of nitrogens with zero attached hydrogens (tertiary/aromatic N) is 3. The van der Waals surface area contributed by atoms with Gasteiger partial charge < -0.3 is 19.7 Å². The molecule has 0 saturated carbocycles. The molecule has 3 rings (SSSR count). The highest BCUT2D eigenvalue weighted by molar-refractivity contribution is 9.10. The van der Waals surface area contributed by atoms with Crippen LogP contribution in [-0.2, 0) is 4.74 Å². The predicted octanol–water partition coefficient (Wildman–Crippen LogP) is 4.63. The van der Waals surface area contributed by atoms with Crippen molar-refractivity contribution < 1.29 is 18.7 Å². The largest absolute Gasteiger partial charge is 0.489 e. The number of likely N-dealkylation sites (N-methyl/N-ethyl adjacent to an activating group) is 1. The number of carbonyl (C=O) groups excluding carboxylic acids is 1. The van der Waals surface area contributed by atoms with Gasteiger partial charge in [-0.1, -0.05) is 23.4 Å². The Kier molecular flexibility index (Phi) is 6.35. The summed E-state index contributed by atoms with van der Waals surface area (Å²) < 4.78 is 26.2. The van der Waals surface area contributed by atoms with Crippen molar-refractivity contribution in [3.05, 3.63) is 15.3 Å². The number of aromatic nitrogens is 2. The summed E-state index contributed by atoms with van der Waals surface area (Å²) in [6, 6.07) is -0.291. The van der Waals surface area contributed by atoms with Crippen molar-refractivity contribution in [1.29, 1.82) is 0 Å². The molecule has 0 fully saturated rings. The molecule has 0 spiro atoms. The number of benzene rings is 1. The van der Waals surface area contributed by atoms with Crippen LogP contribution in [0, 0.1) is 5.82 Å². The molecule has 7 nitrogen and oxygen atoms in total. The summed E-state index contributed by atoms with van der Waals surface area (Å²) in [4.78, 5) is 22.7. The molecule has 0 aliphatic carbocycles. The molecule has 29 heavy (non-hydrogen) atoms. The van der Waals surface area contributed by atoms with E-state index < -0.39 is 17.5 Å². The first kappa shape index (κ1) is 22.2. The third-order valence-corrected chi connectivity index (χ3v) is 6.14. The molecule has 2 heterocycles. The van der Waals surface area contributed by atoms with Crippen molar-refractivity contribution in [2.45, 2.75) is 37.6 Å². The molecule has 1 aromatic heterocycles. The third-order valence-electron chi connectivity index (χ3n) is 4.25. The number of alkyl carbamates (subject to hydrolysis) is 1. The van der Waals surface area contributed by atoms with Crippen molar-refractivity contribution in [3.8, 4) is 5.75 Å². The lowest BCUT2D eigenvalue weighted by Gasteiger charge is -2.28. The Morgan fingerprint density at radius 1 is 1.48 bits per heavy atom. The number of halogens is 3. The number of rotatable bonds is 3. The summed E-state index contributed by atoms with van der Waals surface area (Å²) in [6.45, 7) is 5.81. The fraction of sp³-hybridized carbons (Fsp3) is 0.500. The standard InChI is InChI=1S/C18H21BrClFN4O3S/c1-18(2,3)28-17(26)22-6-8-7-27-14-9-13(12(21)10(19)11(14)20)23-16(29-5)24-15(9)25(8)4/h8H,6-7H2,1-5H3,(H,22,26)/t8-/m0/s1. The summed E-state index contributed by atoms with van der Waals surface area (Å²) in [5, 5.41) is 3.68. The van der Waals surface area contributed by atoms with Crippen molar-refractivity contribution in [1.82, 2.24) is 15.3 Å². The van der Waals surface area contributed by atoms with E-state index in [1.54, 1.807) is 27.8 Å². The number of anilines is 1. The molecule has 1 aromatic carbocycles. The predicted molar refractivity (Wildman–Crippen MR) is 116 cm³/mol. The Morgan fingerprint density at radius 3 is 2.79 bits per heavy atom. The molecular weight excluding hydrogens is 487 g/mol. The van der Waals surface area contributed by atoms with Crippen LogP contribution in [0.15, 0.2) is 9.63 Å². The van der Waals surface area contributed by atoms with Crippen molar-refractivity contribution in [3.63, 3.8) is 0 Å². The highest BCUT2D eigenvalue weighted by Gasteiger charge is 2.31. The SMILES string of the molecule is CSc1nc2c3c(c(Cl)c(Br)c(F)c3n1)OC[C@H](CNC(=O)OC(C)(C)C)N2C. The third kappa shape index (κ3) is 4.49. The average Bonchev–Trinajstić information content (AvgIpc) is 2.78. The number of carbonyl (C=O) groups is 1. The Morgan fingerprint density at radius 2 is 2.17 bits per heavy atom. The molecule has 0 saturated heterocycles. The van der Waals surface area contributed by atoms with E-state index in [0.717, 1.165) is 0 Å². The van der Waals surface area contributed by atoms with E-state index in [-0.39, 0.29) is 34.2 Å². The Balaban J connectivity index is 2.00. The molecule has 0 bridgehead atoms. The lowest BCUT2D eigenvalue weighted by atomic mass is 10.2. The van der Waals surface area contributed by atoms with Gasteiger partial charge in [0, 0.05) is 13.6 Å². The maximum atomic E-state index is 14.9. The topological polar surface area (TPSA) is 76.6 Å². The molecule has 1 N–H and O–H groups in total. The monoisotopic (exact) mass is 506 g/mol. The number of ether oxygens (including phenoxy) is 2. The minimum absolute atomic E-state index is 0.0892. The van der Waals surface area contributed by atoms with Crippen molar-refractivity contribution in [2.24, 2.45) is 0 Å². The fourth-order valence-electron chi connectivity index (χ4n) is 2.86. The quantitative estimate of drug-likeness (QED) is 0.369. The van der Waals surface area contributed by atoms with E-state index in [2.05, 4.69) is 31.2 Å². The van der Waals surface area contributed by atoms with Gasteiger partial charge in [-0.05, 0) is 43.0 Å². The van der Waals surface area contributed by atoms with E-state index in [4.69, 9.17) is 21.1 Å². The van der Waals surface area contributed by atoms with Crippen LogP contribution in [0.4, 0.5) is 15.0 Å². The van der Waals surface area contributed by atoms with Gasteiger partial charge >= 0.3 is 6.09 Å². The van der Waals surface area contributed by atoms with Gasteiger partial charge in [-0.3, -0.25) is 0 Å². The van der Waals surface area contributed by atoms with Gasteiger partial charge in [0.1, 0.15) is 28.6 Å². The second-order valence-corrected chi connectivity index (χ2v) is 9.43. The first-order valence-corrected chi connectivity index (χ1v) is 11.2. The lowest BCUT2D eigenvalue weighted by molar-refractivity contribution is 0.0522. The molecular formula is C18H21BrClFN4O3S. The summed E-state index contributed by atoms with van der Waals surface area (Å²) in [5.74, 6) is 0.218.